The van der Waals surface area contributed by atoms with Crippen LogP contribution < -0.4 is 15.5 Å². The molecule has 0 radical (unpaired) electrons. The molecule has 3 fully saturated rings. The van der Waals surface area contributed by atoms with E-state index in [4.69, 9.17) is 0 Å². The fourth-order valence-corrected chi connectivity index (χ4v) is 9.40. The van der Waals surface area contributed by atoms with Crippen molar-refractivity contribution in [3.8, 4) is 0 Å². The maximum absolute atomic E-state index is 14.1. The van der Waals surface area contributed by atoms with Crippen molar-refractivity contribution in [1.29, 1.82) is 0 Å². The Balaban J connectivity index is 1.72. The molecule has 2 bridgehead atoms. The molecule has 3 N–H and O–H groups in total. The fourth-order valence-electron chi connectivity index (χ4n) is 6.99. The lowest BCUT2D eigenvalue weighted by Crippen LogP contribution is -2.57. The van der Waals surface area contributed by atoms with E-state index in [1.54, 1.807) is 23.7 Å². The number of thioether (sulfide) groups is 1. The number of hydrogen-bond acceptors (Lipinski definition) is 6. The molecule has 3 amide bonds. The van der Waals surface area contributed by atoms with E-state index < -0.39 is 28.7 Å². The summed E-state index contributed by atoms with van der Waals surface area (Å²) in [6, 6.07) is 6.55. The second-order valence-corrected chi connectivity index (χ2v) is 12.6. The zero-order valence-corrected chi connectivity index (χ0v) is 23.7. The number of aliphatic hydroxyl groups excluding tert-OH is 1. The number of carbonyl (C=O) groups is 3. The van der Waals surface area contributed by atoms with Gasteiger partial charge in [0.1, 0.15) is 6.04 Å². The molecule has 3 aliphatic rings. The molecule has 0 aliphatic carbocycles. The monoisotopic (exact) mass is 530 g/mol. The van der Waals surface area contributed by atoms with Crippen LogP contribution in [0.25, 0.3) is 0 Å². The Morgan fingerprint density at radius 2 is 1.84 bits per heavy atom. The van der Waals surface area contributed by atoms with Gasteiger partial charge in [0.05, 0.1) is 29.2 Å². The molecule has 4 rings (SSSR count). The van der Waals surface area contributed by atoms with Crippen LogP contribution in [0, 0.1) is 23.7 Å². The lowest BCUT2D eigenvalue weighted by molar-refractivity contribution is -0.142. The highest BCUT2D eigenvalue weighted by molar-refractivity contribution is 8.02. The molecule has 3 heterocycles. The first-order chi connectivity index (χ1) is 17.6. The van der Waals surface area contributed by atoms with Gasteiger partial charge in [0, 0.05) is 36.8 Å². The quantitative estimate of drug-likeness (QED) is 0.430. The number of anilines is 2. The van der Waals surface area contributed by atoms with Gasteiger partial charge in [-0.2, -0.15) is 0 Å². The van der Waals surface area contributed by atoms with Crippen LogP contribution in [0.2, 0.25) is 0 Å². The molecular formula is C28H42N4O4S. The first-order valence-electron chi connectivity index (χ1n) is 13.6. The molecule has 204 valence electrons. The van der Waals surface area contributed by atoms with Gasteiger partial charge in [-0.3, -0.25) is 14.4 Å². The van der Waals surface area contributed by atoms with E-state index >= 15 is 0 Å². The molecule has 8 nitrogen and oxygen atoms in total. The van der Waals surface area contributed by atoms with Crippen molar-refractivity contribution in [1.82, 2.24) is 10.2 Å². The van der Waals surface area contributed by atoms with Gasteiger partial charge in [-0.25, -0.2) is 0 Å². The zero-order chi connectivity index (χ0) is 27.1. The number of fused-ring (bicyclic) bond motifs is 1. The Morgan fingerprint density at radius 1 is 1.19 bits per heavy atom. The topological polar surface area (TPSA) is 102 Å². The number of nitrogens with zero attached hydrogens (tertiary/aromatic N) is 2. The van der Waals surface area contributed by atoms with E-state index in [0.717, 1.165) is 25.2 Å². The second-order valence-electron chi connectivity index (χ2n) is 11.1. The van der Waals surface area contributed by atoms with Crippen molar-refractivity contribution in [2.45, 2.75) is 69.5 Å². The van der Waals surface area contributed by atoms with Crippen molar-refractivity contribution >= 4 is 40.9 Å². The van der Waals surface area contributed by atoms with E-state index in [1.807, 2.05) is 38.1 Å². The highest BCUT2D eigenvalue weighted by Crippen LogP contribution is 2.68. The van der Waals surface area contributed by atoms with E-state index in [1.165, 1.54) is 0 Å². The number of rotatable bonds is 10. The number of likely N-dealkylation sites (tertiary alicyclic amines) is 1. The van der Waals surface area contributed by atoms with Gasteiger partial charge in [0.15, 0.2) is 0 Å². The molecule has 0 aromatic heterocycles. The summed E-state index contributed by atoms with van der Waals surface area (Å²) in [7, 11) is 1.60. The summed E-state index contributed by atoms with van der Waals surface area (Å²) >= 11 is 1.65. The smallest absolute Gasteiger partial charge is 0.248 e. The molecule has 1 spiro atoms. The van der Waals surface area contributed by atoms with Crippen LogP contribution in [-0.4, -0.2) is 76.6 Å². The fraction of sp³-hybridized carbons (Fsp3) is 0.679. The molecule has 1 aromatic carbocycles. The van der Waals surface area contributed by atoms with Crippen molar-refractivity contribution < 1.29 is 19.5 Å². The van der Waals surface area contributed by atoms with Crippen LogP contribution in [0.15, 0.2) is 24.3 Å². The number of amides is 3. The molecule has 3 unspecified atom stereocenters. The minimum Gasteiger partial charge on any atom is -0.394 e. The highest BCUT2D eigenvalue weighted by Gasteiger charge is 2.76. The summed E-state index contributed by atoms with van der Waals surface area (Å²) < 4.78 is -0.700. The summed E-state index contributed by atoms with van der Waals surface area (Å²) in [4.78, 5) is 45.1. The van der Waals surface area contributed by atoms with Crippen LogP contribution in [-0.2, 0) is 14.4 Å². The molecule has 0 saturated carbocycles. The second kappa shape index (κ2) is 10.8. The zero-order valence-electron chi connectivity index (χ0n) is 22.9. The molecule has 37 heavy (non-hydrogen) atoms. The Kier molecular flexibility index (Phi) is 8.14. The third-order valence-electron chi connectivity index (χ3n) is 8.59. The van der Waals surface area contributed by atoms with Gasteiger partial charge in [-0.05, 0) is 62.8 Å². The lowest BCUT2D eigenvalue weighted by Gasteiger charge is -2.40. The molecule has 3 aliphatic heterocycles. The largest absolute Gasteiger partial charge is 0.394 e. The Morgan fingerprint density at radius 3 is 2.38 bits per heavy atom. The Labute approximate surface area is 224 Å². The van der Waals surface area contributed by atoms with E-state index in [-0.39, 0.29) is 41.4 Å². The minimum absolute atomic E-state index is 0.00683. The first kappa shape index (κ1) is 27.8. The SMILES string of the molecule is CCN(CC)c1ccc(NC(=O)C2N([C@@H](CO)CC(C)C)C(=O)[C@@H]3[C@@H](C(=O)NC)[C@H]4CC(C)C23S4)cc1. The van der Waals surface area contributed by atoms with Gasteiger partial charge in [0.25, 0.3) is 0 Å². The Hall–Kier alpha value is -2.26. The van der Waals surface area contributed by atoms with E-state index in [0.29, 0.717) is 12.1 Å². The van der Waals surface area contributed by atoms with Crippen molar-refractivity contribution in [3.05, 3.63) is 24.3 Å². The van der Waals surface area contributed by atoms with Crippen molar-refractivity contribution in [3.63, 3.8) is 0 Å². The van der Waals surface area contributed by atoms with Crippen LogP contribution in [0.3, 0.4) is 0 Å². The third kappa shape index (κ3) is 4.52. The van der Waals surface area contributed by atoms with Gasteiger partial charge in [-0.1, -0.05) is 20.8 Å². The van der Waals surface area contributed by atoms with Gasteiger partial charge in [0.2, 0.25) is 17.7 Å². The average molecular weight is 531 g/mol. The average Bonchev–Trinajstić information content (AvgIpc) is 3.47. The summed E-state index contributed by atoms with van der Waals surface area (Å²) in [5.74, 6) is -1.28. The Bertz CT molecular complexity index is 1010. The van der Waals surface area contributed by atoms with E-state index in [9.17, 15) is 19.5 Å². The number of aliphatic hydroxyl groups is 1. The first-order valence-corrected chi connectivity index (χ1v) is 14.5. The van der Waals surface area contributed by atoms with Crippen LogP contribution in [0.4, 0.5) is 11.4 Å². The lowest BCUT2D eigenvalue weighted by atomic mass is 9.66. The van der Waals surface area contributed by atoms with Crippen LogP contribution >= 0.6 is 11.8 Å². The highest BCUT2D eigenvalue weighted by atomic mass is 32.2. The predicted molar refractivity (Wildman–Crippen MR) is 149 cm³/mol. The maximum atomic E-state index is 14.1. The van der Waals surface area contributed by atoms with Gasteiger partial charge < -0.3 is 25.5 Å². The van der Waals surface area contributed by atoms with Crippen LogP contribution in [0.5, 0.6) is 0 Å². The number of carbonyl (C=O) groups excluding carboxylic acids is 3. The van der Waals surface area contributed by atoms with Crippen molar-refractivity contribution in [2.24, 2.45) is 23.7 Å². The molecule has 9 heteroatoms. The number of nitrogens with one attached hydrogen (secondary N) is 2. The molecule has 1 aromatic rings. The van der Waals surface area contributed by atoms with Gasteiger partial charge in [-0.15, -0.1) is 11.8 Å². The summed E-state index contributed by atoms with van der Waals surface area (Å²) in [6.45, 7) is 12.0. The summed E-state index contributed by atoms with van der Waals surface area (Å²) in [5.41, 5.74) is 1.76. The van der Waals surface area contributed by atoms with Crippen LogP contribution in [0.1, 0.15) is 47.5 Å². The third-order valence-corrected chi connectivity index (χ3v) is 10.7. The molecule has 3 saturated heterocycles. The number of hydrogen-bond donors (Lipinski definition) is 3. The van der Waals surface area contributed by atoms with Gasteiger partial charge >= 0.3 is 0 Å². The predicted octanol–water partition coefficient (Wildman–Crippen LogP) is 2.96. The molecule has 7 atom stereocenters. The maximum Gasteiger partial charge on any atom is 0.248 e. The molecular weight excluding hydrogens is 488 g/mol. The standard InChI is InChI=1S/C28H42N4O4S/c1-7-31(8-2)19-11-9-18(10-12-19)30-26(35)24-28-17(5)14-21(37-28)22(25(34)29-6)23(28)27(36)32(24)20(15-33)13-16(3)4/h9-12,16-17,20-24,33H,7-8,13-15H2,1-6H3,(H,29,34)(H,30,35)/t17?,20-,21-,22+,23+,24?,28?/m1/s1. The minimum atomic E-state index is -0.761. The summed E-state index contributed by atoms with van der Waals surface area (Å²) in [5, 5.41) is 16.2. The van der Waals surface area contributed by atoms with Crippen molar-refractivity contribution in [2.75, 3.05) is 37.0 Å². The summed E-state index contributed by atoms with van der Waals surface area (Å²) in [6.07, 6.45) is 1.37. The normalized spacial score (nSPS) is 31.0. The number of benzene rings is 1. The van der Waals surface area contributed by atoms with E-state index in [2.05, 4.69) is 36.3 Å².